The minimum atomic E-state index is -0.150. The summed E-state index contributed by atoms with van der Waals surface area (Å²) in [5.41, 5.74) is 8.78. The molecule has 35 heavy (non-hydrogen) atoms. The number of carbonyl (C=O) groups is 1. The van der Waals surface area contributed by atoms with Crippen molar-refractivity contribution in [3.8, 4) is 5.75 Å². The number of nitrogens with zero attached hydrogens (tertiary/aromatic N) is 4. The Morgan fingerprint density at radius 1 is 1.26 bits per heavy atom. The molecule has 1 fully saturated rings. The van der Waals surface area contributed by atoms with Crippen LogP contribution in [0.25, 0.3) is 5.65 Å². The van der Waals surface area contributed by atoms with Crippen LogP contribution in [0.5, 0.6) is 5.75 Å². The number of hydrogen-bond acceptors (Lipinski definition) is 7. The van der Waals surface area contributed by atoms with Gasteiger partial charge in [0.2, 0.25) is 0 Å². The molecule has 1 atom stereocenters. The predicted molar refractivity (Wildman–Crippen MR) is 138 cm³/mol. The third-order valence-corrected chi connectivity index (χ3v) is 6.93. The molecule has 0 spiro atoms. The van der Waals surface area contributed by atoms with Crippen molar-refractivity contribution in [2.24, 2.45) is 5.73 Å². The first kappa shape index (κ1) is 23.7. The van der Waals surface area contributed by atoms with E-state index in [0.717, 1.165) is 67.2 Å². The zero-order chi connectivity index (χ0) is 24.4. The van der Waals surface area contributed by atoms with E-state index in [2.05, 4.69) is 10.6 Å². The smallest absolute Gasteiger partial charge is 0.258 e. The third-order valence-electron chi connectivity index (χ3n) is 6.69. The minimum Gasteiger partial charge on any atom is -0.493 e. The van der Waals surface area contributed by atoms with Gasteiger partial charge in [0.05, 0.1) is 23.9 Å². The van der Waals surface area contributed by atoms with Crippen molar-refractivity contribution in [1.82, 2.24) is 19.5 Å². The molecule has 9 nitrogen and oxygen atoms in total. The molecule has 2 aliphatic heterocycles. The van der Waals surface area contributed by atoms with Crippen molar-refractivity contribution >= 4 is 34.8 Å². The zero-order valence-corrected chi connectivity index (χ0v) is 20.8. The van der Waals surface area contributed by atoms with Gasteiger partial charge in [-0.15, -0.1) is 0 Å². The zero-order valence-electron chi connectivity index (χ0n) is 20.0. The van der Waals surface area contributed by atoms with E-state index < -0.39 is 0 Å². The molecule has 1 aromatic carbocycles. The Bertz CT molecular complexity index is 1230. The van der Waals surface area contributed by atoms with Gasteiger partial charge in [-0.2, -0.15) is 9.61 Å². The number of piperidine rings is 1. The van der Waals surface area contributed by atoms with Gasteiger partial charge in [-0.3, -0.25) is 4.79 Å². The first-order valence-electron chi connectivity index (χ1n) is 12.4. The predicted octanol–water partition coefficient (Wildman–Crippen LogP) is 4.01. The number of nitrogens with one attached hydrogen (secondary N) is 2. The fraction of sp³-hybridized carbons (Fsp3) is 0.480. The highest BCUT2D eigenvalue weighted by Crippen LogP contribution is 2.35. The van der Waals surface area contributed by atoms with Crippen LogP contribution in [0.2, 0.25) is 5.02 Å². The monoisotopic (exact) mass is 497 g/mol. The molecule has 3 aromatic rings. The van der Waals surface area contributed by atoms with Crippen LogP contribution in [0.1, 0.15) is 59.8 Å². The maximum absolute atomic E-state index is 13.8. The van der Waals surface area contributed by atoms with Crippen LogP contribution in [0.4, 0.5) is 11.6 Å². The lowest BCUT2D eigenvalue weighted by Crippen LogP contribution is -2.39. The number of fused-ring (bicyclic) bond motifs is 4. The molecular weight excluding hydrogens is 466 g/mol. The highest BCUT2D eigenvalue weighted by Gasteiger charge is 2.32. The van der Waals surface area contributed by atoms with E-state index in [0.29, 0.717) is 42.6 Å². The van der Waals surface area contributed by atoms with E-state index in [-0.39, 0.29) is 11.9 Å². The summed E-state index contributed by atoms with van der Waals surface area (Å²) in [7, 11) is 0. The Hall–Kier alpha value is -3.04. The Morgan fingerprint density at radius 3 is 3.00 bits per heavy atom. The number of anilines is 2. The summed E-state index contributed by atoms with van der Waals surface area (Å²) in [5.74, 6) is 2.20. The van der Waals surface area contributed by atoms with Gasteiger partial charge in [0.1, 0.15) is 17.4 Å². The third kappa shape index (κ3) is 4.75. The standard InChI is InChI=1S/C25H32ClN7O2/c1-16-23(28-11-9-27)30-22-15-19-20-6-2-4-12-32(20)25(34)18-14-17(26)7-8-21(18)35-13-5-3-10-29-24(16)33(22)31-19/h7-8,14-15,20,29H,2-6,9-13,27H2,1H3,(H,28,30)/t20-/m0/s1. The first-order valence-corrected chi connectivity index (χ1v) is 12.8. The Morgan fingerprint density at radius 2 is 2.14 bits per heavy atom. The molecule has 4 heterocycles. The van der Waals surface area contributed by atoms with Gasteiger partial charge in [0.15, 0.2) is 5.65 Å². The maximum atomic E-state index is 13.8. The molecule has 2 aromatic heterocycles. The second-order valence-corrected chi connectivity index (χ2v) is 9.56. The highest BCUT2D eigenvalue weighted by molar-refractivity contribution is 6.31. The molecule has 5 rings (SSSR count). The van der Waals surface area contributed by atoms with Gasteiger partial charge in [0, 0.05) is 42.8 Å². The number of benzene rings is 1. The number of hydrogen-bond donors (Lipinski definition) is 3. The lowest BCUT2D eigenvalue weighted by atomic mass is 9.98. The van der Waals surface area contributed by atoms with E-state index in [1.165, 1.54) is 0 Å². The number of ether oxygens (including phenoxy) is 1. The van der Waals surface area contributed by atoms with Crippen molar-refractivity contribution in [1.29, 1.82) is 0 Å². The highest BCUT2D eigenvalue weighted by atomic mass is 35.5. The topological polar surface area (TPSA) is 110 Å². The van der Waals surface area contributed by atoms with E-state index in [1.54, 1.807) is 18.2 Å². The van der Waals surface area contributed by atoms with Crippen molar-refractivity contribution in [3.63, 3.8) is 0 Å². The normalized spacial score (nSPS) is 18.8. The lowest BCUT2D eigenvalue weighted by Gasteiger charge is -2.35. The summed E-state index contributed by atoms with van der Waals surface area (Å²) in [6.07, 6.45) is 4.55. The summed E-state index contributed by atoms with van der Waals surface area (Å²) in [6.45, 7) is 5.12. The number of halogens is 1. The molecule has 0 saturated carbocycles. The van der Waals surface area contributed by atoms with Crippen LogP contribution in [0.3, 0.4) is 0 Å². The second-order valence-electron chi connectivity index (χ2n) is 9.12. The van der Waals surface area contributed by atoms with Crippen LogP contribution in [-0.4, -0.2) is 58.2 Å². The minimum absolute atomic E-state index is 0.0769. The molecular formula is C25H32ClN7O2. The SMILES string of the molecule is Cc1c(NCCN)nc2cc3nn2c1NCCCCOc1ccc(Cl)cc1C(=O)N1CCCC[C@@H]31. The molecule has 186 valence electrons. The second kappa shape index (κ2) is 10.3. The maximum Gasteiger partial charge on any atom is 0.258 e. The quantitative estimate of drug-likeness (QED) is 0.501. The molecule has 0 radical (unpaired) electrons. The van der Waals surface area contributed by atoms with Gasteiger partial charge in [-0.05, 0) is 57.2 Å². The lowest BCUT2D eigenvalue weighted by molar-refractivity contribution is 0.0601. The van der Waals surface area contributed by atoms with Crippen molar-refractivity contribution in [2.45, 2.75) is 45.1 Å². The van der Waals surface area contributed by atoms with Crippen molar-refractivity contribution in [2.75, 3.05) is 43.4 Å². The number of nitrogens with two attached hydrogens (primary N) is 1. The van der Waals surface area contributed by atoms with E-state index in [9.17, 15) is 4.79 Å². The first-order chi connectivity index (χ1) is 17.1. The average molecular weight is 498 g/mol. The summed E-state index contributed by atoms with van der Waals surface area (Å²) in [4.78, 5) is 20.6. The molecule has 2 bridgehead atoms. The van der Waals surface area contributed by atoms with Gasteiger partial charge < -0.3 is 26.0 Å². The van der Waals surface area contributed by atoms with Crippen LogP contribution < -0.4 is 21.1 Å². The molecule has 1 amide bonds. The molecule has 0 unspecified atom stereocenters. The fourth-order valence-electron chi connectivity index (χ4n) is 4.88. The van der Waals surface area contributed by atoms with Gasteiger partial charge in [-0.1, -0.05) is 11.6 Å². The summed E-state index contributed by atoms with van der Waals surface area (Å²) >= 11 is 6.29. The van der Waals surface area contributed by atoms with Crippen LogP contribution in [0, 0.1) is 6.92 Å². The average Bonchev–Trinajstić information content (AvgIpc) is 3.29. The van der Waals surface area contributed by atoms with Crippen LogP contribution in [-0.2, 0) is 0 Å². The van der Waals surface area contributed by atoms with E-state index in [4.69, 9.17) is 32.2 Å². The van der Waals surface area contributed by atoms with Crippen LogP contribution in [0.15, 0.2) is 24.3 Å². The fourth-order valence-corrected chi connectivity index (χ4v) is 5.06. The Kier molecular flexibility index (Phi) is 6.97. The van der Waals surface area contributed by atoms with Crippen LogP contribution >= 0.6 is 11.6 Å². The molecule has 4 N–H and O–H groups in total. The summed E-state index contributed by atoms with van der Waals surface area (Å²) in [6, 6.07) is 7.13. The number of rotatable bonds is 3. The van der Waals surface area contributed by atoms with Crippen molar-refractivity contribution < 1.29 is 9.53 Å². The van der Waals surface area contributed by atoms with E-state index in [1.807, 2.05) is 22.4 Å². The summed E-state index contributed by atoms with van der Waals surface area (Å²) in [5, 5.41) is 12.4. The Labute approximate surface area is 210 Å². The molecule has 2 aliphatic rings. The summed E-state index contributed by atoms with van der Waals surface area (Å²) < 4.78 is 7.93. The van der Waals surface area contributed by atoms with Crippen molar-refractivity contribution in [3.05, 3.63) is 46.1 Å². The van der Waals surface area contributed by atoms with Gasteiger partial charge >= 0.3 is 0 Å². The van der Waals surface area contributed by atoms with Gasteiger partial charge in [0.25, 0.3) is 5.91 Å². The number of aromatic nitrogens is 3. The largest absolute Gasteiger partial charge is 0.493 e. The Balaban J connectivity index is 1.61. The van der Waals surface area contributed by atoms with E-state index >= 15 is 0 Å². The number of amides is 1. The van der Waals surface area contributed by atoms with Gasteiger partial charge in [-0.25, -0.2) is 4.98 Å². The molecule has 0 aliphatic carbocycles. The number of carbonyl (C=O) groups excluding carboxylic acids is 1. The molecule has 1 saturated heterocycles. The molecule has 10 heteroatoms.